The third-order valence-electron chi connectivity index (χ3n) is 3.91. The predicted octanol–water partition coefficient (Wildman–Crippen LogP) is 1.35. The van der Waals surface area contributed by atoms with Crippen LogP contribution in [-0.4, -0.2) is 55.5 Å². The van der Waals surface area contributed by atoms with Crippen molar-refractivity contribution in [2.75, 3.05) is 26.7 Å². The second-order valence-electron chi connectivity index (χ2n) is 5.08. The summed E-state index contributed by atoms with van der Waals surface area (Å²) in [5, 5.41) is 10.9. The van der Waals surface area contributed by atoms with Crippen molar-refractivity contribution in [1.82, 2.24) is 9.21 Å². The average Bonchev–Trinajstić information content (AvgIpc) is 3.06. The van der Waals surface area contributed by atoms with Gasteiger partial charge in [-0.15, -0.1) is 11.3 Å². The van der Waals surface area contributed by atoms with E-state index in [9.17, 15) is 13.5 Å². The maximum absolute atomic E-state index is 12.6. The topological polar surface area (TPSA) is 60.9 Å². The molecule has 5 nitrogen and oxygen atoms in total. The Labute approximate surface area is 124 Å². The molecule has 0 aromatic carbocycles. The first-order chi connectivity index (χ1) is 9.50. The molecule has 1 aliphatic heterocycles. The number of hydrogen-bond donors (Lipinski definition) is 1. The summed E-state index contributed by atoms with van der Waals surface area (Å²) in [4.78, 5) is 3.08. The standard InChI is InChI=1S/C13H22N2O3S2/c1-3-15-7-4-5-11(15)9-14(2)20(17,18)13-6-8-19-12(13)10-16/h6,8,11,16H,3-5,7,9-10H2,1-2H3. The minimum absolute atomic E-state index is 0.232. The van der Waals surface area contributed by atoms with Gasteiger partial charge in [-0.2, -0.15) is 4.31 Å². The van der Waals surface area contributed by atoms with Crippen molar-refractivity contribution in [1.29, 1.82) is 0 Å². The first-order valence-corrected chi connectivity index (χ1v) is 9.20. The van der Waals surface area contributed by atoms with E-state index in [0.29, 0.717) is 17.5 Å². The summed E-state index contributed by atoms with van der Waals surface area (Å²) in [5.74, 6) is 0. The summed E-state index contributed by atoms with van der Waals surface area (Å²) in [6.45, 7) is 4.39. The molecule has 1 N–H and O–H groups in total. The minimum atomic E-state index is -3.50. The normalized spacial score (nSPS) is 20.9. The van der Waals surface area contributed by atoms with Crippen LogP contribution < -0.4 is 0 Å². The van der Waals surface area contributed by atoms with Crippen LogP contribution in [-0.2, 0) is 16.6 Å². The molecule has 7 heteroatoms. The van der Waals surface area contributed by atoms with Crippen molar-refractivity contribution in [3.8, 4) is 0 Å². The average molecular weight is 318 g/mol. The molecule has 1 fully saturated rings. The highest BCUT2D eigenvalue weighted by Crippen LogP contribution is 2.26. The summed E-state index contributed by atoms with van der Waals surface area (Å²) in [7, 11) is -1.88. The monoisotopic (exact) mass is 318 g/mol. The maximum Gasteiger partial charge on any atom is 0.244 e. The molecular weight excluding hydrogens is 296 g/mol. The molecule has 1 aliphatic rings. The van der Waals surface area contributed by atoms with Crippen LogP contribution in [0.25, 0.3) is 0 Å². The van der Waals surface area contributed by atoms with Crippen LogP contribution in [0.2, 0.25) is 0 Å². The second kappa shape index (κ2) is 6.53. The van der Waals surface area contributed by atoms with Crippen molar-refractivity contribution in [2.24, 2.45) is 0 Å². The fourth-order valence-corrected chi connectivity index (χ4v) is 5.22. The smallest absolute Gasteiger partial charge is 0.244 e. The number of rotatable bonds is 6. The van der Waals surface area contributed by atoms with Crippen LogP contribution in [0.4, 0.5) is 0 Å². The maximum atomic E-state index is 12.6. The van der Waals surface area contributed by atoms with E-state index in [1.165, 1.54) is 15.6 Å². The van der Waals surface area contributed by atoms with Gasteiger partial charge in [-0.1, -0.05) is 6.92 Å². The highest BCUT2D eigenvalue weighted by Gasteiger charge is 2.30. The Morgan fingerprint density at radius 1 is 1.55 bits per heavy atom. The predicted molar refractivity (Wildman–Crippen MR) is 80.3 cm³/mol. The number of likely N-dealkylation sites (tertiary alicyclic amines) is 1. The van der Waals surface area contributed by atoms with Crippen molar-refractivity contribution in [3.63, 3.8) is 0 Å². The number of likely N-dealkylation sites (N-methyl/N-ethyl adjacent to an activating group) is 2. The molecule has 2 heterocycles. The Bertz CT molecular complexity index is 542. The summed E-state index contributed by atoms with van der Waals surface area (Å²) in [6, 6.07) is 1.88. The van der Waals surface area contributed by atoms with Gasteiger partial charge in [0.2, 0.25) is 10.0 Å². The quantitative estimate of drug-likeness (QED) is 0.860. The molecule has 1 atom stereocenters. The molecule has 0 radical (unpaired) electrons. The second-order valence-corrected chi connectivity index (χ2v) is 8.09. The minimum Gasteiger partial charge on any atom is -0.391 e. The number of nitrogens with zero attached hydrogens (tertiary/aromatic N) is 2. The Balaban J connectivity index is 2.13. The third-order valence-corrected chi connectivity index (χ3v) is 6.85. The number of sulfonamides is 1. The summed E-state index contributed by atoms with van der Waals surface area (Å²) in [5.41, 5.74) is 0. The molecule has 1 aromatic rings. The molecule has 0 amide bonds. The lowest BCUT2D eigenvalue weighted by molar-refractivity contribution is 0.237. The van der Waals surface area contributed by atoms with Gasteiger partial charge in [0.25, 0.3) is 0 Å². The van der Waals surface area contributed by atoms with Crippen LogP contribution >= 0.6 is 11.3 Å². The van der Waals surface area contributed by atoms with Gasteiger partial charge in [0, 0.05) is 24.5 Å². The third kappa shape index (κ3) is 3.07. The number of thiophene rings is 1. The fraction of sp³-hybridized carbons (Fsp3) is 0.692. The van der Waals surface area contributed by atoms with E-state index in [-0.39, 0.29) is 11.5 Å². The van der Waals surface area contributed by atoms with E-state index >= 15 is 0 Å². The Morgan fingerprint density at radius 3 is 2.95 bits per heavy atom. The number of aliphatic hydroxyl groups excluding tert-OH is 1. The summed E-state index contributed by atoms with van der Waals surface area (Å²) in [6.07, 6.45) is 2.18. The SMILES string of the molecule is CCN1CCCC1CN(C)S(=O)(=O)c1ccsc1CO. The lowest BCUT2D eigenvalue weighted by atomic mass is 10.2. The van der Waals surface area contributed by atoms with Crippen molar-refractivity contribution < 1.29 is 13.5 Å². The highest BCUT2D eigenvalue weighted by atomic mass is 32.2. The summed E-state index contributed by atoms with van der Waals surface area (Å²) >= 11 is 1.28. The zero-order valence-corrected chi connectivity index (χ0v) is 13.6. The van der Waals surface area contributed by atoms with Gasteiger partial charge in [0.05, 0.1) is 11.5 Å². The molecule has 114 valence electrons. The van der Waals surface area contributed by atoms with E-state index in [1.54, 1.807) is 18.5 Å². The van der Waals surface area contributed by atoms with Crippen LogP contribution in [0.1, 0.15) is 24.6 Å². The van der Waals surface area contributed by atoms with Gasteiger partial charge < -0.3 is 5.11 Å². The molecule has 1 unspecified atom stereocenters. The largest absolute Gasteiger partial charge is 0.391 e. The van der Waals surface area contributed by atoms with E-state index < -0.39 is 10.0 Å². The first kappa shape index (κ1) is 15.9. The van der Waals surface area contributed by atoms with Gasteiger partial charge in [0.15, 0.2) is 0 Å². The first-order valence-electron chi connectivity index (χ1n) is 6.88. The molecule has 1 aromatic heterocycles. The van der Waals surface area contributed by atoms with Crippen molar-refractivity contribution in [2.45, 2.75) is 37.3 Å². The van der Waals surface area contributed by atoms with Gasteiger partial charge >= 0.3 is 0 Å². The van der Waals surface area contributed by atoms with Gasteiger partial charge in [-0.25, -0.2) is 8.42 Å². The number of hydrogen-bond acceptors (Lipinski definition) is 5. The van der Waals surface area contributed by atoms with Gasteiger partial charge in [-0.05, 0) is 37.4 Å². The van der Waals surface area contributed by atoms with E-state index in [4.69, 9.17) is 0 Å². The lowest BCUT2D eigenvalue weighted by Gasteiger charge is -2.27. The molecule has 0 bridgehead atoms. The van der Waals surface area contributed by atoms with Crippen molar-refractivity contribution >= 4 is 21.4 Å². The Morgan fingerprint density at radius 2 is 2.30 bits per heavy atom. The van der Waals surface area contributed by atoms with E-state index in [2.05, 4.69) is 11.8 Å². The number of aliphatic hydroxyl groups is 1. The highest BCUT2D eigenvalue weighted by molar-refractivity contribution is 7.89. The van der Waals surface area contributed by atoms with Crippen molar-refractivity contribution in [3.05, 3.63) is 16.3 Å². The fourth-order valence-electron chi connectivity index (χ4n) is 2.76. The molecule has 20 heavy (non-hydrogen) atoms. The van der Waals surface area contributed by atoms with Gasteiger partial charge in [-0.3, -0.25) is 4.90 Å². The zero-order valence-electron chi connectivity index (χ0n) is 11.9. The molecular formula is C13H22N2O3S2. The molecule has 1 saturated heterocycles. The van der Waals surface area contributed by atoms with E-state index in [0.717, 1.165) is 25.9 Å². The zero-order chi connectivity index (χ0) is 14.8. The lowest BCUT2D eigenvalue weighted by Crippen LogP contribution is -2.41. The summed E-state index contributed by atoms with van der Waals surface area (Å²) < 4.78 is 26.5. The van der Waals surface area contributed by atoms with Crippen LogP contribution in [0.3, 0.4) is 0 Å². The molecule has 0 aliphatic carbocycles. The van der Waals surface area contributed by atoms with Crippen LogP contribution in [0.15, 0.2) is 16.3 Å². The van der Waals surface area contributed by atoms with Gasteiger partial charge in [0.1, 0.15) is 0 Å². The van der Waals surface area contributed by atoms with E-state index in [1.807, 2.05) is 0 Å². The van der Waals surface area contributed by atoms with Crippen LogP contribution in [0, 0.1) is 0 Å². The Hall–Kier alpha value is -0.470. The molecule has 2 rings (SSSR count). The molecule has 0 saturated carbocycles. The molecule has 0 spiro atoms. The Kier molecular flexibility index (Phi) is 5.19. The van der Waals surface area contributed by atoms with Crippen LogP contribution in [0.5, 0.6) is 0 Å².